The van der Waals surface area contributed by atoms with E-state index in [1.165, 1.54) is 0 Å². The second-order valence-corrected chi connectivity index (χ2v) is 5.72. The van der Waals surface area contributed by atoms with Crippen LogP contribution in [0.3, 0.4) is 0 Å². The number of piperazine rings is 1. The van der Waals surface area contributed by atoms with E-state index in [9.17, 15) is 9.59 Å². The lowest BCUT2D eigenvalue weighted by molar-refractivity contribution is -0.137. The molecular weight excluding hydrogens is 280 g/mol. The molecule has 120 valence electrons. The average Bonchev–Trinajstić information content (AvgIpc) is 2.54. The van der Waals surface area contributed by atoms with Gasteiger partial charge in [-0.1, -0.05) is 12.1 Å². The fourth-order valence-electron chi connectivity index (χ4n) is 2.65. The Morgan fingerprint density at radius 1 is 1.18 bits per heavy atom. The second kappa shape index (κ2) is 7.40. The Hall–Kier alpha value is -1.88. The molecular formula is C17H24N2O3. The number of hydrogen-bond acceptors (Lipinski definition) is 5. The second-order valence-electron chi connectivity index (χ2n) is 5.72. The zero-order valence-electron chi connectivity index (χ0n) is 13.5. The van der Waals surface area contributed by atoms with Gasteiger partial charge in [-0.05, 0) is 32.9 Å². The van der Waals surface area contributed by atoms with Gasteiger partial charge < -0.3 is 9.64 Å². The van der Waals surface area contributed by atoms with E-state index in [1.54, 1.807) is 19.1 Å². The van der Waals surface area contributed by atoms with E-state index in [2.05, 4.69) is 23.6 Å². The molecule has 0 N–H and O–H groups in total. The topological polar surface area (TPSA) is 49.9 Å². The summed E-state index contributed by atoms with van der Waals surface area (Å²) in [5.74, 6) is -1.37. The van der Waals surface area contributed by atoms with Crippen LogP contribution < -0.4 is 4.90 Å². The molecule has 1 aromatic rings. The molecule has 0 saturated carbocycles. The lowest BCUT2D eigenvalue weighted by atomic mass is 10.1. The van der Waals surface area contributed by atoms with Crippen molar-refractivity contribution >= 4 is 17.4 Å². The number of benzene rings is 1. The number of carbonyl (C=O) groups excluding carboxylic acids is 2. The molecule has 5 heteroatoms. The highest BCUT2D eigenvalue weighted by Gasteiger charge is 2.21. The van der Waals surface area contributed by atoms with Gasteiger partial charge >= 0.3 is 5.97 Å². The smallest absolute Gasteiger partial charge is 0.379 e. The van der Waals surface area contributed by atoms with Crippen LogP contribution in [0.15, 0.2) is 24.3 Å². The van der Waals surface area contributed by atoms with Crippen LogP contribution in [-0.4, -0.2) is 55.5 Å². The third-order valence-electron chi connectivity index (χ3n) is 3.98. The number of esters is 1. The number of ketones is 1. The summed E-state index contributed by atoms with van der Waals surface area (Å²) in [4.78, 5) is 28.3. The van der Waals surface area contributed by atoms with Crippen molar-refractivity contribution in [1.29, 1.82) is 0 Å². The molecule has 0 spiro atoms. The van der Waals surface area contributed by atoms with E-state index < -0.39 is 11.8 Å². The molecule has 0 atom stereocenters. The van der Waals surface area contributed by atoms with Gasteiger partial charge in [0.15, 0.2) is 0 Å². The molecule has 1 aromatic carbocycles. The average molecular weight is 304 g/mol. The largest absolute Gasteiger partial charge is 0.460 e. The third kappa shape index (κ3) is 3.85. The molecule has 2 rings (SSSR count). The van der Waals surface area contributed by atoms with Crippen LogP contribution in [0, 0.1) is 0 Å². The Bertz CT molecular complexity index is 534. The summed E-state index contributed by atoms with van der Waals surface area (Å²) in [5.41, 5.74) is 1.38. The number of carbonyl (C=O) groups is 2. The van der Waals surface area contributed by atoms with Crippen molar-refractivity contribution in [3.63, 3.8) is 0 Å². The molecule has 22 heavy (non-hydrogen) atoms. The van der Waals surface area contributed by atoms with Gasteiger partial charge in [-0.15, -0.1) is 0 Å². The summed E-state index contributed by atoms with van der Waals surface area (Å²) in [6, 6.07) is 7.79. The van der Waals surface area contributed by atoms with Gasteiger partial charge in [0.2, 0.25) is 0 Å². The number of hydrogen-bond donors (Lipinski definition) is 0. The minimum atomic E-state index is -0.788. The number of Topliss-reactive ketones (excluding diaryl/α,β-unsaturated/α-hetero) is 1. The van der Waals surface area contributed by atoms with Crippen molar-refractivity contribution in [3.8, 4) is 0 Å². The van der Waals surface area contributed by atoms with Gasteiger partial charge in [-0.25, -0.2) is 4.79 Å². The standard InChI is InChI=1S/C17H24N2O3/c1-4-22-17(21)16(20)14-6-5-7-15(12-14)19-10-8-18(9-11-19)13(2)3/h5-7,12-13H,4,8-11H2,1-3H3. The number of ether oxygens (including phenoxy) is 1. The molecule has 1 aliphatic rings. The summed E-state index contributed by atoms with van der Waals surface area (Å²) < 4.78 is 4.78. The summed E-state index contributed by atoms with van der Waals surface area (Å²) in [5, 5.41) is 0. The minimum Gasteiger partial charge on any atom is -0.460 e. The lowest BCUT2D eigenvalue weighted by Crippen LogP contribution is -2.48. The summed E-state index contributed by atoms with van der Waals surface area (Å²) in [6.07, 6.45) is 0. The molecule has 0 aliphatic carbocycles. The Morgan fingerprint density at radius 2 is 1.86 bits per heavy atom. The Balaban J connectivity index is 2.06. The Morgan fingerprint density at radius 3 is 2.45 bits per heavy atom. The molecule has 1 saturated heterocycles. The molecule has 5 nitrogen and oxygen atoms in total. The highest BCUT2D eigenvalue weighted by Crippen LogP contribution is 2.19. The molecule has 0 amide bonds. The van der Waals surface area contributed by atoms with Gasteiger partial charge in [0.1, 0.15) is 0 Å². The first-order chi connectivity index (χ1) is 10.5. The fraction of sp³-hybridized carbons (Fsp3) is 0.529. The predicted octanol–water partition coefficient (Wildman–Crippen LogP) is 1.96. The summed E-state index contributed by atoms with van der Waals surface area (Å²) in [6.45, 7) is 10.2. The Kier molecular flexibility index (Phi) is 5.55. The molecule has 0 bridgehead atoms. The first kappa shape index (κ1) is 16.5. The van der Waals surface area contributed by atoms with Crippen molar-refractivity contribution in [1.82, 2.24) is 4.90 Å². The number of nitrogens with zero attached hydrogens (tertiary/aromatic N) is 2. The summed E-state index contributed by atoms with van der Waals surface area (Å²) >= 11 is 0. The van der Waals surface area contributed by atoms with Gasteiger partial charge in [0.05, 0.1) is 6.61 Å². The molecule has 0 aromatic heterocycles. The maximum Gasteiger partial charge on any atom is 0.379 e. The normalized spacial score (nSPS) is 15.9. The van der Waals surface area contributed by atoms with Gasteiger partial charge in [0, 0.05) is 43.5 Å². The first-order valence-corrected chi connectivity index (χ1v) is 7.83. The fourth-order valence-corrected chi connectivity index (χ4v) is 2.65. The van der Waals surface area contributed by atoms with Crippen LogP contribution in [0.2, 0.25) is 0 Å². The van der Waals surface area contributed by atoms with Crippen LogP contribution >= 0.6 is 0 Å². The highest BCUT2D eigenvalue weighted by molar-refractivity contribution is 6.40. The maximum absolute atomic E-state index is 12.0. The third-order valence-corrected chi connectivity index (χ3v) is 3.98. The van der Waals surface area contributed by atoms with E-state index in [-0.39, 0.29) is 6.61 Å². The summed E-state index contributed by atoms with van der Waals surface area (Å²) in [7, 11) is 0. The van der Waals surface area contributed by atoms with E-state index in [1.807, 2.05) is 12.1 Å². The zero-order chi connectivity index (χ0) is 16.1. The van der Waals surface area contributed by atoms with Crippen molar-refractivity contribution in [2.75, 3.05) is 37.7 Å². The van der Waals surface area contributed by atoms with Crippen LogP contribution in [0.5, 0.6) is 0 Å². The molecule has 0 unspecified atom stereocenters. The highest BCUT2D eigenvalue weighted by atomic mass is 16.5. The zero-order valence-corrected chi connectivity index (χ0v) is 13.5. The van der Waals surface area contributed by atoms with Crippen LogP contribution in [0.25, 0.3) is 0 Å². The molecule has 1 fully saturated rings. The van der Waals surface area contributed by atoms with E-state index in [0.29, 0.717) is 11.6 Å². The maximum atomic E-state index is 12.0. The first-order valence-electron chi connectivity index (χ1n) is 7.83. The van der Waals surface area contributed by atoms with Crippen LogP contribution in [0.1, 0.15) is 31.1 Å². The van der Waals surface area contributed by atoms with Gasteiger partial charge in [-0.3, -0.25) is 9.69 Å². The van der Waals surface area contributed by atoms with Crippen molar-refractivity contribution in [2.24, 2.45) is 0 Å². The SMILES string of the molecule is CCOC(=O)C(=O)c1cccc(N2CCN(C(C)C)CC2)c1. The van der Waals surface area contributed by atoms with Gasteiger partial charge in [-0.2, -0.15) is 0 Å². The monoisotopic (exact) mass is 304 g/mol. The van der Waals surface area contributed by atoms with Crippen molar-refractivity contribution in [2.45, 2.75) is 26.8 Å². The van der Waals surface area contributed by atoms with Gasteiger partial charge in [0.25, 0.3) is 5.78 Å². The Labute approximate surface area is 131 Å². The van der Waals surface area contributed by atoms with E-state index in [4.69, 9.17) is 4.74 Å². The predicted molar refractivity (Wildman–Crippen MR) is 86.3 cm³/mol. The van der Waals surface area contributed by atoms with Crippen molar-refractivity contribution < 1.29 is 14.3 Å². The molecule has 1 aliphatic heterocycles. The van der Waals surface area contributed by atoms with Crippen molar-refractivity contribution in [3.05, 3.63) is 29.8 Å². The number of anilines is 1. The molecule has 1 heterocycles. The van der Waals surface area contributed by atoms with E-state index >= 15 is 0 Å². The lowest BCUT2D eigenvalue weighted by Gasteiger charge is -2.38. The van der Waals surface area contributed by atoms with E-state index in [0.717, 1.165) is 31.9 Å². The van der Waals surface area contributed by atoms with Crippen LogP contribution in [-0.2, 0) is 9.53 Å². The quantitative estimate of drug-likeness (QED) is 0.473. The number of rotatable bonds is 5. The van der Waals surface area contributed by atoms with Crippen LogP contribution in [0.4, 0.5) is 5.69 Å². The minimum absolute atomic E-state index is 0.210. The molecule has 0 radical (unpaired) electrons.